The minimum absolute atomic E-state index is 0.0775. The molecule has 1 heterocycles. The second-order valence-corrected chi connectivity index (χ2v) is 5.39. The highest BCUT2D eigenvalue weighted by molar-refractivity contribution is 7.99. The number of aryl methyl sites for hydroxylation is 2. The molecule has 1 aromatic heterocycles. The third-order valence-electron chi connectivity index (χ3n) is 3.08. The van der Waals surface area contributed by atoms with Gasteiger partial charge < -0.3 is 10.9 Å². The lowest BCUT2D eigenvalue weighted by atomic mass is 10.2. The maximum atomic E-state index is 8.83. The van der Waals surface area contributed by atoms with Gasteiger partial charge in [-0.15, -0.1) is 0 Å². The molecular formula is C14H16N4OS. The molecule has 0 fully saturated rings. The van der Waals surface area contributed by atoms with E-state index in [1.54, 1.807) is 6.07 Å². The number of nitrogens with zero attached hydrogens (tertiary/aromatic N) is 3. The smallest absolute Gasteiger partial charge is 0.192 e. The van der Waals surface area contributed by atoms with E-state index < -0.39 is 0 Å². The first-order valence-electron chi connectivity index (χ1n) is 6.09. The van der Waals surface area contributed by atoms with E-state index in [1.807, 2.05) is 39.0 Å². The van der Waals surface area contributed by atoms with E-state index in [-0.39, 0.29) is 5.84 Å². The summed E-state index contributed by atoms with van der Waals surface area (Å²) in [6.07, 6.45) is 0. The fourth-order valence-corrected chi connectivity index (χ4v) is 2.70. The van der Waals surface area contributed by atoms with Crippen LogP contribution in [0.5, 0.6) is 0 Å². The Morgan fingerprint density at radius 1 is 1.15 bits per heavy atom. The van der Waals surface area contributed by atoms with Crippen molar-refractivity contribution in [3.8, 4) is 0 Å². The Bertz CT molecular complexity index is 647. The molecule has 1 aromatic carbocycles. The number of hydrogen-bond donors (Lipinski definition) is 2. The fraction of sp³-hybridized carbons (Fsp3) is 0.214. The van der Waals surface area contributed by atoms with Gasteiger partial charge in [-0.05, 0) is 44.2 Å². The maximum absolute atomic E-state index is 8.83. The minimum atomic E-state index is 0.0775. The molecule has 0 aliphatic heterocycles. The van der Waals surface area contributed by atoms with Crippen LogP contribution >= 0.6 is 11.8 Å². The molecule has 20 heavy (non-hydrogen) atoms. The number of oxime groups is 1. The SMILES string of the molecule is Cc1nc(Sc2ccccc2C(N)=NO)nc(C)c1C. The van der Waals surface area contributed by atoms with E-state index in [9.17, 15) is 0 Å². The van der Waals surface area contributed by atoms with Gasteiger partial charge in [-0.25, -0.2) is 9.97 Å². The van der Waals surface area contributed by atoms with Crippen LogP contribution in [0.25, 0.3) is 0 Å². The van der Waals surface area contributed by atoms with E-state index in [0.29, 0.717) is 10.7 Å². The summed E-state index contributed by atoms with van der Waals surface area (Å²) >= 11 is 1.40. The molecule has 0 aliphatic carbocycles. The summed E-state index contributed by atoms with van der Waals surface area (Å²) in [7, 11) is 0. The van der Waals surface area contributed by atoms with E-state index in [0.717, 1.165) is 21.8 Å². The Labute approximate surface area is 121 Å². The van der Waals surface area contributed by atoms with Crippen molar-refractivity contribution in [3.63, 3.8) is 0 Å². The predicted octanol–water partition coefficient (Wildman–Crippen LogP) is 2.65. The molecule has 0 saturated carbocycles. The van der Waals surface area contributed by atoms with Gasteiger partial charge >= 0.3 is 0 Å². The molecule has 0 atom stereocenters. The number of hydrogen-bond acceptors (Lipinski definition) is 5. The van der Waals surface area contributed by atoms with E-state index in [1.165, 1.54) is 11.8 Å². The van der Waals surface area contributed by atoms with Crippen molar-refractivity contribution in [2.45, 2.75) is 30.8 Å². The van der Waals surface area contributed by atoms with Gasteiger partial charge in [0.25, 0.3) is 0 Å². The lowest BCUT2D eigenvalue weighted by Gasteiger charge is -2.09. The first-order valence-corrected chi connectivity index (χ1v) is 6.91. The molecule has 6 heteroatoms. The monoisotopic (exact) mass is 288 g/mol. The molecule has 0 aliphatic rings. The normalized spacial score (nSPS) is 11.7. The van der Waals surface area contributed by atoms with Crippen LogP contribution in [0.15, 0.2) is 39.5 Å². The van der Waals surface area contributed by atoms with Crippen molar-refractivity contribution >= 4 is 17.6 Å². The van der Waals surface area contributed by atoms with Crippen LogP contribution in [0.3, 0.4) is 0 Å². The number of amidine groups is 1. The largest absolute Gasteiger partial charge is 0.409 e. The summed E-state index contributed by atoms with van der Waals surface area (Å²) in [5.74, 6) is 0.0775. The number of rotatable bonds is 3. The standard InChI is InChI=1S/C14H16N4OS/c1-8-9(2)16-14(17-10(8)3)20-12-7-5-4-6-11(12)13(15)18-19/h4-7,19H,1-3H3,(H2,15,18). The Balaban J connectivity index is 2.41. The lowest BCUT2D eigenvalue weighted by molar-refractivity contribution is 0.318. The van der Waals surface area contributed by atoms with Crippen LogP contribution in [0, 0.1) is 20.8 Å². The molecule has 5 nitrogen and oxygen atoms in total. The molecular weight excluding hydrogens is 272 g/mol. The first-order chi connectivity index (χ1) is 9.52. The average molecular weight is 288 g/mol. The van der Waals surface area contributed by atoms with E-state index >= 15 is 0 Å². The summed E-state index contributed by atoms with van der Waals surface area (Å²) in [6, 6.07) is 7.42. The molecule has 0 unspecified atom stereocenters. The summed E-state index contributed by atoms with van der Waals surface area (Å²) in [5, 5.41) is 12.5. The number of nitrogens with two attached hydrogens (primary N) is 1. The highest BCUT2D eigenvalue weighted by atomic mass is 32.2. The van der Waals surface area contributed by atoms with Gasteiger partial charge in [0.05, 0.1) is 0 Å². The number of benzene rings is 1. The lowest BCUT2D eigenvalue weighted by Crippen LogP contribution is -2.14. The molecule has 104 valence electrons. The molecule has 2 rings (SSSR count). The zero-order valence-corrected chi connectivity index (χ0v) is 12.4. The molecule has 0 saturated heterocycles. The van der Waals surface area contributed by atoms with Crippen molar-refractivity contribution in [2.24, 2.45) is 10.9 Å². The molecule has 0 radical (unpaired) electrons. The summed E-state index contributed by atoms with van der Waals surface area (Å²) < 4.78 is 0. The van der Waals surface area contributed by atoms with E-state index in [4.69, 9.17) is 10.9 Å². The van der Waals surface area contributed by atoms with E-state index in [2.05, 4.69) is 15.1 Å². The van der Waals surface area contributed by atoms with Crippen molar-refractivity contribution in [1.29, 1.82) is 0 Å². The first kappa shape index (κ1) is 14.3. The summed E-state index contributed by atoms with van der Waals surface area (Å²) in [4.78, 5) is 9.78. The summed E-state index contributed by atoms with van der Waals surface area (Å²) in [5.41, 5.74) is 9.36. The second-order valence-electron chi connectivity index (χ2n) is 4.39. The Morgan fingerprint density at radius 3 is 2.35 bits per heavy atom. The highest BCUT2D eigenvalue weighted by Crippen LogP contribution is 2.28. The third kappa shape index (κ3) is 2.91. The number of aromatic nitrogens is 2. The van der Waals surface area contributed by atoms with Crippen LogP contribution in [-0.4, -0.2) is 21.0 Å². The quantitative estimate of drug-likeness (QED) is 0.298. The molecule has 0 spiro atoms. The maximum Gasteiger partial charge on any atom is 0.192 e. The Hall–Kier alpha value is -2.08. The topological polar surface area (TPSA) is 84.4 Å². The van der Waals surface area contributed by atoms with Crippen LogP contribution in [0.2, 0.25) is 0 Å². The summed E-state index contributed by atoms with van der Waals surface area (Å²) in [6.45, 7) is 5.93. The van der Waals surface area contributed by atoms with Crippen molar-refractivity contribution in [2.75, 3.05) is 0 Å². The van der Waals surface area contributed by atoms with Gasteiger partial charge in [0, 0.05) is 21.8 Å². The van der Waals surface area contributed by atoms with Crippen molar-refractivity contribution < 1.29 is 5.21 Å². The minimum Gasteiger partial charge on any atom is -0.409 e. The molecule has 2 aromatic rings. The highest BCUT2D eigenvalue weighted by Gasteiger charge is 2.11. The van der Waals surface area contributed by atoms with Crippen LogP contribution < -0.4 is 5.73 Å². The zero-order valence-electron chi connectivity index (χ0n) is 11.6. The fourth-order valence-electron chi connectivity index (χ4n) is 1.71. The van der Waals surface area contributed by atoms with Gasteiger partial charge in [-0.2, -0.15) is 0 Å². The Kier molecular flexibility index (Phi) is 4.24. The van der Waals surface area contributed by atoms with Crippen LogP contribution in [0.1, 0.15) is 22.5 Å². The van der Waals surface area contributed by atoms with Gasteiger partial charge in [-0.3, -0.25) is 0 Å². The van der Waals surface area contributed by atoms with Crippen LogP contribution in [0.4, 0.5) is 0 Å². The Morgan fingerprint density at radius 2 is 1.75 bits per heavy atom. The van der Waals surface area contributed by atoms with Gasteiger partial charge in [0.2, 0.25) is 0 Å². The van der Waals surface area contributed by atoms with Gasteiger partial charge in [-0.1, -0.05) is 23.4 Å². The molecule has 3 N–H and O–H groups in total. The van der Waals surface area contributed by atoms with Gasteiger partial charge in [0.1, 0.15) is 0 Å². The molecule has 0 bridgehead atoms. The average Bonchev–Trinajstić information content (AvgIpc) is 2.44. The van der Waals surface area contributed by atoms with Gasteiger partial charge in [0.15, 0.2) is 11.0 Å². The van der Waals surface area contributed by atoms with Crippen LogP contribution in [-0.2, 0) is 0 Å². The second kappa shape index (κ2) is 5.92. The molecule has 0 amide bonds. The van der Waals surface area contributed by atoms with Crippen molar-refractivity contribution in [1.82, 2.24) is 9.97 Å². The zero-order chi connectivity index (χ0) is 14.7. The van der Waals surface area contributed by atoms with Crippen molar-refractivity contribution in [3.05, 3.63) is 46.8 Å². The third-order valence-corrected chi connectivity index (χ3v) is 4.03. The predicted molar refractivity (Wildman–Crippen MR) is 79.3 cm³/mol.